The number of ether oxygens (including phenoxy) is 2. The average Bonchev–Trinajstić information content (AvgIpc) is 3.07. The van der Waals surface area contributed by atoms with Gasteiger partial charge in [-0.3, -0.25) is 4.79 Å². The van der Waals surface area contributed by atoms with Gasteiger partial charge in [0.25, 0.3) is 0 Å². The van der Waals surface area contributed by atoms with E-state index in [0.29, 0.717) is 6.42 Å². The van der Waals surface area contributed by atoms with Crippen molar-refractivity contribution in [1.29, 1.82) is 0 Å². The third-order valence-corrected chi connectivity index (χ3v) is 6.00. The Morgan fingerprint density at radius 2 is 1.33 bits per heavy atom. The Bertz CT molecular complexity index is 417. The quantitative estimate of drug-likeness (QED) is 0.209. The van der Waals surface area contributed by atoms with Crippen molar-refractivity contribution in [1.82, 2.24) is 0 Å². The molecular weight excluding hydrogens is 384 g/mol. The molecule has 0 aromatic carbocycles. The van der Waals surface area contributed by atoms with Gasteiger partial charge in [0.2, 0.25) is 0 Å². The lowest BCUT2D eigenvalue weighted by molar-refractivity contribution is -0.162. The summed E-state index contributed by atoms with van der Waals surface area (Å²) in [5.41, 5.74) is 0. The average molecular weight is 431 g/mol. The summed E-state index contributed by atoms with van der Waals surface area (Å²) in [6.07, 6.45) is 15.4. The highest BCUT2D eigenvalue weighted by Crippen LogP contribution is 2.20. The van der Waals surface area contributed by atoms with Gasteiger partial charge in [0, 0.05) is 6.42 Å². The number of unbranched alkanes of at least 4 members (excludes halogenated alkanes) is 14. The van der Waals surface area contributed by atoms with Crippen LogP contribution in [-0.4, -0.2) is 58.9 Å². The molecule has 0 amide bonds. The number of carbonyl (C=O) groups excluding carboxylic acids is 1. The van der Waals surface area contributed by atoms with Gasteiger partial charge in [-0.15, -0.1) is 0 Å². The van der Waals surface area contributed by atoms with E-state index in [-0.39, 0.29) is 12.6 Å². The maximum Gasteiger partial charge on any atom is 0.306 e. The SMILES string of the molecule is CCCCCCCCCCCCCCCCCC(=O)OC(CO)C1OCC(O)C1O. The van der Waals surface area contributed by atoms with Gasteiger partial charge in [0.15, 0.2) is 6.10 Å². The smallest absolute Gasteiger partial charge is 0.306 e. The third kappa shape index (κ3) is 12.2. The predicted octanol–water partition coefficient (Wildman–Crippen LogP) is 4.27. The van der Waals surface area contributed by atoms with Crippen LogP contribution in [0.4, 0.5) is 0 Å². The Hall–Kier alpha value is -0.690. The summed E-state index contributed by atoms with van der Waals surface area (Å²) in [6.45, 7) is 1.81. The lowest BCUT2D eigenvalue weighted by Gasteiger charge is -2.24. The Balaban J connectivity index is 1.90. The van der Waals surface area contributed by atoms with Crippen LogP contribution in [0.1, 0.15) is 110 Å². The summed E-state index contributed by atoms with van der Waals surface area (Å²) in [7, 11) is 0. The van der Waals surface area contributed by atoms with Gasteiger partial charge in [-0.2, -0.15) is 0 Å². The molecule has 0 aromatic rings. The van der Waals surface area contributed by atoms with E-state index in [9.17, 15) is 20.1 Å². The highest BCUT2D eigenvalue weighted by atomic mass is 16.6. The maximum atomic E-state index is 12.0. The van der Waals surface area contributed by atoms with Crippen molar-refractivity contribution < 1.29 is 29.6 Å². The van der Waals surface area contributed by atoms with Crippen LogP contribution in [0.5, 0.6) is 0 Å². The second-order valence-electron chi connectivity index (χ2n) is 8.77. The van der Waals surface area contributed by atoms with Gasteiger partial charge >= 0.3 is 5.97 Å². The van der Waals surface area contributed by atoms with E-state index >= 15 is 0 Å². The first-order chi connectivity index (χ1) is 14.6. The molecule has 6 nitrogen and oxygen atoms in total. The molecule has 178 valence electrons. The fourth-order valence-electron chi connectivity index (χ4n) is 4.03. The molecule has 0 spiro atoms. The Morgan fingerprint density at radius 3 is 1.73 bits per heavy atom. The summed E-state index contributed by atoms with van der Waals surface area (Å²) < 4.78 is 10.5. The predicted molar refractivity (Wildman–Crippen MR) is 118 cm³/mol. The van der Waals surface area contributed by atoms with Crippen LogP contribution >= 0.6 is 0 Å². The molecular formula is C24H46O6. The summed E-state index contributed by atoms with van der Waals surface area (Å²) >= 11 is 0. The number of carbonyl (C=O) groups is 1. The molecule has 1 fully saturated rings. The molecule has 1 aliphatic rings. The molecule has 4 unspecified atom stereocenters. The van der Waals surface area contributed by atoms with Gasteiger partial charge in [-0.1, -0.05) is 96.8 Å². The topological polar surface area (TPSA) is 96.2 Å². The van der Waals surface area contributed by atoms with Gasteiger partial charge in [-0.05, 0) is 6.42 Å². The van der Waals surface area contributed by atoms with Crippen LogP contribution in [0.15, 0.2) is 0 Å². The number of hydrogen-bond acceptors (Lipinski definition) is 6. The van der Waals surface area contributed by atoms with E-state index in [1.165, 1.54) is 77.0 Å². The molecule has 0 saturated carbocycles. The van der Waals surface area contributed by atoms with Crippen molar-refractivity contribution in [2.24, 2.45) is 0 Å². The molecule has 1 saturated heterocycles. The molecule has 1 aliphatic heterocycles. The molecule has 30 heavy (non-hydrogen) atoms. The molecule has 0 aliphatic carbocycles. The number of hydrogen-bond donors (Lipinski definition) is 3. The summed E-state index contributed by atoms with van der Waals surface area (Å²) in [5, 5.41) is 28.7. The number of esters is 1. The van der Waals surface area contributed by atoms with Crippen molar-refractivity contribution in [3.63, 3.8) is 0 Å². The van der Waals surface area contributed by atoms with Crippen LogP contribution in [0.2, 0.25) is 0 Å². The molecule has 6 heteroatoms. The normalized spacial score (nSPS) is 22.3. The maximum absolute atomic E-state index is 12.0. The highest BCUT2D eigenvalue weighted by Gasteiger charge is 2.41. The lowest BCUT2D eigenvalue weighted by atomic mass is 10.0. The fourth-order valence-corrected chi connectivity index (χ4v) is 4.03. The first-order valence-electron chi connectivity index (χ1n) is 12.4. The van der Waals surface area contributed by atoms with E-state index < -0.39 is 31.0 Å². The Kier molecular flexibility index (Phi) is 16.3. The first kappa shape index (κ1) is 27.3. The van der Waals surface area contributed by atoms with E-state index in [4.69, 9.17) is 9.47 Å². The summed E-state index contributed by atoms with van der Waals surface area (Å²) in [5.74, 6) is -0.388. The summed E-state index contributed by atoms with van der Waals surface area (Å²) in [4.78, 5) is 12.0. The Labute approximate surface area is 183 Å². The number of rotatable bonds is 19. The molecule has 0 aromatic heterocycles. The van der Waals surface area contributed by atoms with Crippen LogP contribution in [0, 0.1) is 0 Å². The van der Waals surface area contributed by atoms with Gasteiger partial charge in [0.05, 0.1) is 13.2 Å². The largest absolute Gasteiger partial charge is 0.457 e. The lowest BCUT2D eigenvalue weighted by Crippen LogP contribution is -2.43. The molecule has 1 heterocycles. The number of aliphatic hydroxyl groups excluding tert-OH is 3. The Morgan fingerprint density at radius 1 is 0.867 bits per heavy atom. The molecule has 0 bridgehead atoms. The van der Waals surface area contributed by atoms with Crippen LogP contribution in [-0.2, 0) is 14.3 Å². The van der Waals surface area contributed by atoms with E-state index in [2.05, 4.69) is 6.92 Å². The fraction of sp³-hybridized carbons (Fsp3) is 0.958. The van der Waals surface area contributed by atoms with E-state index in [1.54, 1.807) is 0 Å². The zero-order valence-electron chi connectivity index (χ0n) is 19.1. The molecule has 3 N–H and O–H groups in total. The van der Waals surface area contributed by atoms with Crippen molar-refractivity contribution in [3.05, 3.63) is 0 Å². The minimum Gasteiger partial charge on any atom is -0.457 e. The second-order valence-corrected chi connectivity index (χ2v) is 8.77. The van der Waals surface area contributed by atoms with Gasteiger partial charge < -0.3 is 24.8 Å². The molecule has 0 radical (unpaired) electrons. The second kappa shape index (κ2) is 17.9. The minimum atomic E-state index is -1.14. The highest BCUT2D eigenvalue weighted by molar-refractivity contribution is 5.69. The van der Waals surface area contributed by atoms with Crippen molar-refractivity contribution in [2.45, 2.75) is 134 Å². The van der Waals surface area contributed by atoms with Crippen molar-refractivity contribution in [2.75, 3.05) is 13.2 Å². The minimum absolute atomic E-state index is 0.0149. The first-order valence-corrected chi connectivity index (χ1v) is 12.4. The van der Waals surface area contributed by atoms with Gasteiger partial charge in [-0.25, -0.2) is 0 Å². The van der Waals surface area contributed by atoms with E-state index in [0.717, 1.165) is 19.3 Å². The molecule has 4 atom stereocenters. The van der Waals surface area contributed by atoms with Crippen LogP contribution in [0.3, 0.4) is 0 Å². The summed E-state index contributed by atoms with van der Waals surface area (Å²) in [6, 6.07) is 0. The third-order valence-electron chi connectivity index (χ3n) is 6.00. The standard InChI is InChI=1S/C24H46O6/c1-2-3-4-5-6-7-8-9-10-11-12-13-14-15-16-17-22(27)30-21(18-25)24-23(28)20(26)19-29-24/h20-21,23-26,28H,2-19H2,1H3. The monoisotopic (exact) mass is 430 g/mol. The number of aliphatic hydroxyl groups is 3. The zero-order chi connectivity index (χ0) is 22.0. The van der Waals surface area contributed by atoms with E-state index in [1.807, 2.05) is 0 Å². The van der Waals surface area contributed by atoms with Gasteiger partial charge in [0.1, 0.15) is 18.3 Å². The van der Waals surface area contributed by atoms with Crippen molar-refractivity contribution >= 4 is 5.97 Å². The molecule has 1 rings (SSSR count). The van der Waals surface area contributed by atoms with Crippen molar-refractivity contribution in [3.8, 4) is 0 Å². The van der Waals surface area contributed by atoms with Crippen LogP contribution < -0.4 is 0 Å². The van der Waals surface area contributed by atoms with Crippen LogP contribution in [0.25, 0.3) is 0 Å². The zero-order valence-corrected chi connectivity index (χ0v) is 19.1.